The van der Waals surface area contributed by atoms with Crippen molar-refractivity contribution in [3.8, 4) is 5.75 Å². The van der Waals surface area contributed by atoms with Gasteiger partial charge in [0.25, 0.3) is 5.91 Å². The fraction of sp³-hybridized carbons (Fsp3) is 0.300. The Labute approximate surface area is 147 Å². The molecule has 1 N–H and O–H groups in total. The SMILES string of the molecule is Cc1cccc(NC(=O)COc2cccc(N3CCCC3=O)c2)c1C. The summed E-state index contributed by atoms with van der Waals surface area (Å²) >= 11 is 0. The Hall–Kier alpha value is -2.82. The topological polar surface area (TPSA) is 58.6 Å². The molecule has 1 aliphatic heterocycles. The first kappa shape index (κ1) is 17.0. The molecule has 0 spiro atoms. The third kappa shape index (κ3) is 3.99. The molecule has 0 aromatic heterocycles. The number of rotatable bonds is 5. The lowest BCUT2D eigenvalue weighted by Crippen LogP contribution is -2.24. The third-order valence-electron chi connectivity index (χ3n) is 4.45. The van der Waals surface area contributed by atoms with Crippen LogP contribution in [0.25, 0.3) is 0 Å². The molecule has 130 valence electrons. The predicted octanol–water partition coefficient (Wildman–Crippen LogP) is 3.45. The van der Waals surface area contributed by atoms with Crippen LogP contribution in [0.2, 0.25) is 0 Å². The van der Waals surface area contributed by atoms with Crippen LogP contribution in [0.5, 0.6) is 5.75 Å². The molecule has 25 heavy (non-hydrogen) atoms. The number of nitrogens with one attached hydrogen (secondary N) is 1. The number of benzene rings is 2. The van der Waals surface area contributed by atoms with E-state index in [1.165, 1.54) is 0 Å². The molecule has 0 unspecified atom stereocenters. The van der Waals surface area contributed by atoms with Crippen LogP contribution in [-0.2, 0) is 9.59 Å². The van der Waals surface area contributed by atoms with Gasteiger partial charge in [0.2, 0.25) is 5.91 Å². The summed E-state index contributed by atoms with van der Waals surface area (Å²) in [5, 5.41) is 2.87. The highest BCUT2D eigenvalue weighted by Gasteiger charge is 2.21. The summed E-state index contributed by atoms with van der Waals surface area (Å²) in [5.74, 6) is 0.495. The highest BCUT2D eigenvalue weighted by molar-refractivity contribution is 5.95. The molecule has 1 fully saturated rings. The molecule has 0 aliphatic carbocycles. The van der Waals surface area contributed by atoms with E-state index in [0.717, 1.165) is 35.5 Å². The van der Waals surface area contributed by atoms with Crippen LogP contribution in [0.1, 0.15) is 24.0 Å². The summed E-state index contributed by atoms with van der Waals surface area (Å²) in [6.07, 6.45) is 1.46. The molecule has 2 aromatic rings. The fourth-order valence-electron chi connectivity index (χ4n) is 2.88. The van der Waals surface area contributed by atoms with Crippen LogP contribution in [0.3, 0.4) is 0 Å². The van der Waals surface area contributed by atoms with Gasteiger partial charge in [-0.2, -0.15) is 0 Å². The van der Waals surface area contributed by atoms with E-state index >= 15 is 0 Å². The van der Waals surface area contributed by atoms with Crippen LogP contribution in [-0.4, -0.2) is 25.0 Å². The standard InChI is InChI=1S/C20H22N2O3/c1-14-6-3-9-18(15(14)2)21-19(23)13-25-17-8-4-7-16(12-17)22-11-5-10-20(22)24/h3-4,6-9,12H,5,10-11,13H2,1-2H3,(H,21,23). The van der Waals surface area contributed by atoms with Crippen molar-refractivity contribution in [3.63, 3.8) is 0 Å². The Bertz CT molecular complexity index is 801. The lowest BCUT2D eigenvalue weighted by molar-refractivity contribution is -0.118. The minimum Gasteiger partial charge on any atom is -0.484 e. The van der Waals surface area contributed by atoms with Gasteiger partial charge < -0.3 is 15.0 Å². The minimum atomic E-state index is -0.212. The molecule has 2 aromatic carbocycles. The zero-order chi connectivity index (χ0) is 17.8. The largest absolute Gasteiger partial charge is 0.484 e. The lowest BCUT2D eigenvalue weighted by Gasteiger charge is -2.17. The zero-order valence-corrected chi connectivity index (χ0v) is 14.5. The summed E-state index contributed by atoms with van der Waals surface area (Å²) in [6, 6.07) is 13.1. The molecule has 0 atom stereocenters. The second kappa shape index (κ2) is 7.38. The molecule has 3 rings (SSSR count). The molecule has 0 saturated carbocycles. The van der Waals surface area contributed by atoms with Crippen LogP contribution in [0.15, 0.2) is 42.5 Å². The second-order valence-corrected chi connectivity index (χ2v) is 6.23. The number of ether oxygens (including phenoxy) is 1. The van der Waals surface area contributed by atoms with Gasteiger partial charge >= 0.3 is 0 Å². The molecule has 1 saturated heterocycles. The van der Waals surface area contributed by atoms with Crippen molar-refractivity contribution in [3.05, 3.63) is 53.6 Å². The number of anilines is 2. The fourth-order valence-corrected chi connectivity index (χ4v) is 2.88. The molecular weight excluding hydrogens is 316 g/mol. The normalized spacial score (nSPS) is 13.8. The van der Waals surface area contributed by atoms with Gasteiger partial charge in [-0.25, -0.2) is 0 Å². The minimum absolute atomic E-state index is 0.0786. The number of aryl methyl sites for hydroxylation is 1. The maximum atomic E-state index is 12.1. The summed E-state index contributed by atoms with van der Waals surface area (Å²) in [5.41, 5.74) is 3.78. The van der Waals surface area contributed by atoms with Gasteiger partial charge in [0.05, 0.1) is 0 Å². The van der Waals surface area contributed by atoms with Gasteiger partial charge in [0.1, 0.15) is 5.75 Å². The lowest BCUT2D eigenvalue weighted by atomic mass is 10.1. The van der Waals surface area contributed by atoms with Crippen molar-refractivity contribution in [1.29, 1.82) is 0 Å². The Morgan fingerprint density at radius 1 is 1.20 bits per heavy atom. The van der Waals surface area contributed by atoms with Gasteiger partial charge in [0, 0.05) is 30.4 Å². The van der Waals surface area contributed by atoms with Crippen molar-refractivity contribution in [2.45, 2.75) is 26.7 Å². The van der Waals surface area contributed by atoms with Crippen molar-refractivity contribution < 1.29 is 14.3 Å². The maximum Gasteiger partial charge on any atom is 0.262 e. The molecule has 0 radical (unpaired) electrons. The number of hydrogen-bond donors (Lipinski definition) is 1. The van der Waals surface area contributed by atoms with E-state index in [-0.39, 0.29) is 18.4 Å². The first-order valence-corrected chi connectivity index (χ1v) is 8.44. The number of hydrogen-bond acceptors (Lipinski definition) is 3. The zero-order valence-electron chi connectivity index (χ0n) is 14.5. The van der Waals surface area contributed by atoms with E-state index in [9.17, 15) is 9.59 Å². The van der Waals surface area contributed by atoms with E-state index in [1.807, 2.05) is 44.2 Å². The van der Waals surface area contributed by atoms with Gasteiger partial charge in [-0.05, 0) is 49.6 Å². The van der Waals surface area contributed by atoms with Gasteiger partial charge in [-0.15, -0.1) is 0 Å². The van der Waals surface area contributed by atoms with Crippen LogP contribution >= 0.6 is 0 Å². The number of nitrogens with zero attached hydrogens (tertiary/aromatic N) is 1. The monoisotopic (exact) mass is 338 g/mol. The van der Waals surface area contributed by atoms with Crippen molar-refractivity contribution >= 4 is 23.2 Å². The first-order chi connectivity index (χ1) is 12.0. The first-order valence-electron chi connectivity index (χ1n) is 8.44. The van der Waals surface area contributed by atoms with E-state index in [0.29, 0.717) is 12.2 Å². The maximum absolute atomic E-state index is 12.1. The smallest absolute Gasteiger partial charge is 0.262 e. The Balaban J connectivity index is 1.60. The molecular formula is C20H22N2O3. The van der Waals surface area contributed by atoms with Crippen LogP contribution in [0, 0.1) is 13.8 Å². The van der Waals surface area contributed by atoms with E-state index in [2.05, 4.69) is 5.32 Å². The van der Waals surface area contributed by atoms with Gasteiger partial charge in [0.15, 0.2) is 6.61 Å². The molecule has 2 amide bonds. The van der Waals surface area contributed by atoms with Gasteiger partial charge in [-0.1, -0.05) is 18.2 Å². The molecule has 1 heterocycles. The second-order valence-electron chi connectivity index (χ2n) is 6.23. The summed E-state index contributed by atoms with van der Waals surface area (Å²) in [6.45, 7) is 4.63. The van der Waals surface area contributed by atoms with Gasteiger partial charge in [-0.3, -0.25) is 9.59 Å². The summed E-state index contributed by atoms with van der Waals surface area (Å²) < 4.78 is 5.60. The Kier molecular flexibility index (Phi) is 5.03. The number of carbonyl (C=O) groups excluding carboxylic acids is 2. The number of carbonyl (C=O) groups is 2. The summed E-state index contributed by atoms with van der Waals surface area (Å²) in [4.78, 5) is 25.7. The van der Waals surface area contributed by atoms with E-state index in [1.54, 1.807) is 17.0 Å². The van der Waals surface area contributed by atoms with Crippen molar-refractivity contribution in [2.75, 3.05) is 23.4 Å². The predicted molar refractivity (Wildman–Crippen MR) is 98.1 cm³/mol. The molecule has 0 bridgehead atoms. The highest BCUT2D eigenvalue weighted by atomic mass is 16.5. The summed E-state index contributed by atoms with van der Waals surface area (Å²) in [7, 11) is 0. The quantitative estimate of drug-likeness (QED) is 0.908. The average molecular weight is 338 g/mol. The molecule has 5 nitrogen and oxygen atoms in total. The Morgan fingerprint density at radius 2 is 2.00 bits per heavy atom. The van der Waals surface area contributed by atoms with E-state index in [4.69, 9.17) is 4.74 Å². The Morgan fingerprint density at radius 3 is 2.76 bits per heavy atom. The molecule has 1 aliphatic rings. The van der Waals surface area contributed by atoms with Crippen LogP contribution < -0.4 is 15.0 Å². The van der Waals surface area contributed by atoms with Crippen molar-refractivity contribution in [2.24, 2.45) is 0 Å². The highest BCUT2D eigenvalue weighted by Crippen LogP contribution is 2.25. The van der Waals surface area contributed by atoms with Crippen LogP contribution in [0.4, 0.5) is 11.4 Å². The molecule has 5 heteroatoms. The average Bonchev–Trinajstić information content (AvgIpc) is 3.03. The van der Waals surface area contributed by atoms with Crippen molar-refractivity contribution in [1.82, 2.24) is 0 Å². The third-order valence-corrected chi connectivity index (χ3v) is 4.45. The van der Waals surface area contributed by atoms with E-state index < -0.39 is 0 Å². The number of amides is 2.